The van der Waals surface area contributed by atoms with Crippen LogP contribution in [-0.4, -0.2) is 34.8 Å². The highest BCUT2D eigenvalue weighted by Gasteiger charge is 2.23. The minimum atomic E-state index is 0.0279. The smallest absolute Gasteiger partial charge is 0.243 e. The molecule has 2 aliphatic heterocycles. The van der Waals surface area contributed by atoms with E-state index in [2.05, 4.69) is 10.1 Å². The maximum absolute atomic E-state index is 12.2. The molecule has 0 fully saturated rings. The van der Waals surface area contributed by atoms with Crippen molar-refractivity contribution in [3.63, 3.8) is 0 Å². The summed E-state index contributed by atoms with van der Waals surface area (Å²) in [7, 11) is 0. The van der Waals surface area contributed by atoms with Gasteiger partial charge in [-0.3, -0.25) is 9.78 Å². The standard InChI is InChI=1S/C18H17N3O3/c22-18-6-4-15(20-21(18)12-13-2-1-7-19-11-13)14-3-5-16-17(10-14)24-9-8-23-16/h1-3,5,7,10-11H,4,6,8-9,12H2. The normalized spacial score (nSPS) is 16.8. The van der Waals surface area contributed by atoms with Crippen molar-refractivity contribution in [3.8, 4) is 11.5 Å². The van der Waals surface area contributed by atoms with Crippen LogP contribution < -0.4 is 9.47 Å². The topological polar surface area (TPSA) is 64.0 Å². The molecule has 0 unspecified atom stereocenters. The average Bonchev–Trinajstić information content (AvgIpc) is 2.64. The Morgan fingerprint density at radius 3 is 2.79 bits per heavy atom. The van der Waals surface area contributed by atoms with E-state index in [-0.39, 0.29) is 5.91 Å². The molecule has 3 heterocycles. The molecule has 1 aromatic heterocycles. The first-order chi connectivity index (χ1) is 11.8. The summed E-state index contributed by atoms with van der Waals surface area (Å²) in [6, 6.07) is 9.59. The van der Waals surface area contributed by atoms with Crippen LogP contribution in [0.5, 0.6) is 11.5 Å². The van der Waals surface area contributed by atoms with Crippen molar-refractivity contribution < 1.29 is 14.3 Å². The van der Waals surface area contributed by atoms with Gasteiger partial charge in [-0.25, -0.2) is 5.01 Å². The van der Waals surface area contributed by atoms with Crippen LogP contribution in [0.4, 0.5) is 0 Å². The summed E-state index contributed by atoms with van der Waals surface area (Å²) in [6.45, 7) is 1.55. The number of hydrogen-bond acceptors (Lipinski definition) is 5. The lowest BCUT2D eigenvalue weighted by Gasteiger charge is -2.24. The number of fused-ring (bicyclic) bond motifs is 1. The number of aromatic nitrogens is 1. The van der Waals surface area contributed by atoms with Gasteiger partial charge in [0, 0.05) is 30.8 Å². The van der Waals surface area contributed by atoms with Crippen molar-refractivity contribution in [1.29, 1.82) is 0 Å². The Hall–Kier alpha value is -2.89. The summed E-state index contributed by atoms with van der Waals surface area (Å²) in [5, 5.41) is 6.07. The SMILES string of the molecule is O=C1CCC(c2ccc3c(c2)OCCO3)=NN1Cc1cccnc1. The van der Waals surface area contributed by atoms with E-state index >= 15 is 0 Å². The highest BCUT2D eigenvalue weighted by molar-refractivity contribution is 6.04. The van der Waals surface area contributed by atoms with Gasteiger partial charge in [-0.15, -0.1) is 0 Å². The molecule has 4 rings (SSSR count). The fourth-order valence-corrected chi connectivity index (χ4v) is 2.82. The maximum atomic E-state index is 12.2. The van der Waals surface area contributed by atoms with Gasteiger partial charge in [0.25, 0.3) is 0 Å². The highest BCUT2D eigenvalue weighted by Crippen LogP contribution is 2.32. The number of hydrogen-bond donors (Lipinski definition) is 0. The van der Waals surface area contributed by atoms with Crippen LogP contribution in [0.15, 0.2) is 47.8 Å². The van der Waals surface area contributed by atoms with Crippen molar-refractivity contribution in [2.45, 2.75) is 19.4 Å². The van der Waals surface area contributed by atoms with Crippen LogP contribution in [0, 0.1) is 0 Å². The Balaban J connectivity index is 1.60. The summed E-state index contributed by atoms with van der Waals surface area (Å²) in [6.07, 6.45) is 4.54. The zero-order chi connectivity index (χ0) is 16.4. The van der Waals surface area contributed by atoms with E-state index in [9.17, 15) is 4.79 Å². The van der Waals surface area contributed by atoms with Crippen LogP contribution in [0.1, 0.15) is 24.0 Å². The molecule has 0 saturated heterocycles. The van der Waals surface area contributed by atoms with E-state index < -0.39 is 0 Å². The van der Waals surface area contributed by atoms with Crippen molar-refractivity contribution in [3.05, 3.63) is 53.9 Å². The van der Waals surface area contributed by atoms with E-state index in [0.717, 1.165) is 28.3 Å². The van der Waals surface area contributed by atoms with Crippen LogP contribution >= 0.6 is 0 Å². The molecule has 122 valence electrons. The number of benzene rings is 1. The predicted molar refractivity (Wildman–Crippen MR) is 88.0 cm³/mol. The van der Waals surface area contributed by atoms with E-state index in [4.69, 9.17) is 9.47 Å². The lowest BCUT2D eigenvalue weighted by molar-refractivity contribution is -0.132. The molecule has 2 aliphatic rings. The van der Waals surface area contributed by atoms with Crippen molar-refractivity contribution in [1.82, 2.24) is 9.99 Å². The van der Waals surface area contributed by atoms with E-state index in [1.165, 1.54) is 5.01 Å². The number of ether oxygens (including phenoxy) is 2. The van der Waals surface area contributed by atoms with Gasteiger partial charge < -0.3 is 9.47 Å². The van der Waals surface area contributed by atoms with Gasteiger partial charge in [0.05, 0.1) is 12.3 Å². The Morgan fingerprint density at radius 2 is 1.96 bits per heavy atom. The maximum Gasteiger partial charge on any atom is 0.243 e. The third kappa shape index (κ3) is 2.95. The van der Waals surface area contributed by atoms with E-state index in [1.54, 1.807) is 12.4 Å². The van der Waals surface area contributed by atoms with Crippen LogP contribution in [0.3, 0.4) is 0 Å². The van der Waals surface area contributed by atoms with Gasteiger partial charge >= 0.3 is 0 Å². The van der Waals surface area contributed by atoms with Crippen LogP contribution in [0.2, 0.25) is 0 Å². The fourth-order valence-electron chi connectivity index (χ4n) is 2.82. The molecule has 6 heteroatoms. The largest absolute Gasteiger partial charge is 0.486 e. The van der Waals surface area contributed by atoms with Crippen molar-refractivity contribution in [2.24, 2.45) is 5.10 Å². The first-order valence-electron chi connectivity index (χ1n) is 7.96. The predicted octanol–water partition coefficient (Wildman–Crippen LogP) is 2.38. The molecule has 0 saturated carbocycles. The second kappa shape index (κ2) is 6.31. The third-order valence-corrected chi connectivity index (χ3v) is 4.04. The lowest BCUT2D eigenvalue weighted by Crippen LogP contribution is -2.31. The highest BCUT2D eigenvalue weighted by atomic mass is 16.6. The molecule has 1 amide bonds. The average molecular weight is 323 g/mol. The van der Waals surface area contributed by atoms with Gasteiger partial charge in [0.2, 0.25) is 5.91 Å². The third-order valence-electron chi connectivity index (χ3n) is 4.04. The molecule has 1 aromatic carbocycles. The molecule has 24 heavy (non-hydrogen) atoms. The Kier molecular flexibility index (Phi) is 3.86. The molecule has 0 radical (unpaired) electrons. The summed E-state index contributed by atoms with van der Waals surface area (Å²) in [4.78, 5) is 16.2. The summed E-state index contributed by atoms with van der Waals surface area (Å²) < 4.78 is 11.2. The molecule has 6 nitrogen and oxygen atoms in total. The lowest BCUT2D eigenvalue weighted by atomic mass is 10.0. The van der Waals surface area contributed by atoms with Gasteiger partial charge in [-0.2, -0.15) is 5.10 Å². The molecular weight excluding hydrogens is 306 g/mol. The van der Waals surface area contributed by atoms with Crippen LogP contribution in [-0.2, 0) is 11.3 Å². The van der Waals surface area contributed by atoms with Gasteiger partial charge in [0.1, 0.15) is 13.2 Å². The van der Waals surface area contributed by atoms with Crippen LogP contribution in [0.25, 0.3) is 0 Å². The van der Waals surface area contributed by atoms with Gasteiger partial charge in [0.15, 0.2) is 11.5 Å². The number of carbonyl (C=O) groups is 1. The number of rotatable bonds is 3. The number of pyridine rings is 1. The van der Waals surface area contributed by atoms with E-state index in [0.29, 0.717) is 32.6 Å². The zero-order valence-corrected chi connectivity index (χ0v) is 13.1. The first kappa shape index (κ1) is 14.7. The number of nitrogens with zero attached hydrogens (tertiary/aromatic N) is 3. The van der Waals surface area contributed by atoms with E-state index in [1.807, 2.05) is 30.3 Å². The molecule has 0 spiro atoms. The Labute approximate surface area is 139 Å². The summed E-state index contributed by atoms with van der Waals surface area (Å²) in [5.74, 6) is 1.52. The minimum absolute atomic E-state index is 0.0279. The molecule has 0 N–H and O–H groups in total. The molecule has 0 aliphatic carbocycles. The summed E-state index contributed by atoms with van der Waals surface area (Å²) >= 11 is 0. The zero-order valence-electron chi connectivity index (χ0n) is 13.1. The summed E-state index contributed by atoms with van der Waals surface area (Å²) in [5.41, 5.74) is 2.80. The molecular formula is C18H17N3O3. The van der Waals surface area contributed by atoms with Crippen molar-refractivity contribution in [2.75, 3.05) is 13.2 Å². The minimum Gasteiger partial charge on any atom is -0.486 e. The Morgan fingerprint density at radius 1 is 1.08 bits per heavy atom. The van der Waals surface area contributed by atoms with Gasteiger partial charge in [-0.1, -0.05) is 6.07 Å². The molecule has 0 bridgehead atoms. The number of carbonyl (C=O) groups excluding carboxylic acids is 1. The molecule has 2 aromatic rings. The number of amides is 1. The number of hydrazone groups is 1. The quantitative estimate of drug-likeness (QED) is 0.870. The second-order valence-electron chi connectivity index (χ2n) is 5.72. The van der Waals surface area contributed by atoms with Gasteiger partial charge in [-0.05, 0) is 29.8 Å². The second-order valence-corrected chi connectivity index (χ2v) is 5.72. The monoisotopic (exact) mass is 323 g/mol. The fraction of sp³-hybridized carbons (Fsp3) is 0.278. The first-order valence-corrected chi connectivity index (χ1v) is 7.96. The Bertz CT molecular complexity index is 789. The molecule has 0 atom stereocenters. The van der Waals surface area contributed by atoms with Crippen molar-refractivity contribution >= 4 is 11.6 Å².